The van der Waals surface area contributed by atoms with Crippen molar-refractivity contribution in [2.75, 3.05) is 20.2 Å². The molecule has 1 saturated carbocycles. The number of rotatable bonds is 6. The van der Waals surface area contributed by atoms with E-state index in [4.69, 9.17) is 9.47 Å². The molecule has 1 saturated heterocycles. The molecule has 0 unspecified atom stereocenters. The van der Waals surface area contributed by atoms with E-state index < -0.39 is 0 Å². The van der Waals surface area contributed by atoms with E-state index >= 15 is 0 Å². The first-order valence-corrected chi connectivity index (χ1v) is 13.2. The second-order valence-electron chi connectivity index (χ2n) is 11.7. The van der Waals surface area contributed by atoms with E-state index in [-0.39, 0.29) is 5.97 Å². The van der Waals surface area contributed by atoms with Gasteiger partial charge in [-0.1, -0.05) is 45.0 Å². The number of hydrogen-bond acceptors (Lipinski definition) is 4. The number of esters is 1. The van der Waals surface area contributed by atoms with Gasteiger partial charge in [-0.05, 0) is 98.2 Å². The summed E-state index contributed by atoms with van der Waals surface area (Å²) in [7, 11) is 1.48. The van der Waals surface area contributed by atoms with Crippen molar-refractivity contribution in [2.24, 2.45) is 17.3 Å². The Morgan fingerprint density at radius 3 is 2.26 bits per heavy atom. The molecule has 1 heterocycles. The van der Waals surface area contributed by atoms with Crippen molar-refractivity contribution in [3.63, 3.8) is 0 Å². The second kappa shape index (κ2) is 10.7. The van der Waals surface area contributed by atoms with Crippen LogP contribution in [0.2, 0.25) is 0 Å². The number of methoxy groups -OCH3 is 1. The highest BCUT2D eigenvalue weighted by Gasteiger charge is 2.31. The van der Waals surface area contributed by atoms with E-state index in [0.717, 1.165) is 57.0 Å². The number of ether oxygens (including phenoxy) is 2. The lowest BCUT2D eigenvalue weighted by atomic mass is 9.72. The van der Waals surface area contributed by atoms with Crippen LogP contribution in [-0.2, 0) is 16.1 Å². The smallest absolute Gasteiger partial charge is 0.305 e. The lowest BCUT2D eigenvalue weighted by Gasteiger charge is -2.37. The third-order valence-electron chi connectivity index (χ3n) is 8.29. The van der Waals surface area contributed by atoms with Crippen LogP contribution in [0.3, 0.4) is 0 Å². The van der Waals surface area contributed by atoms with Crippen molar-refractivity contribution in [3.8, 4) is 5.75 Å². The monoisotopic (exact) mass is 465 g/mol. The molecule has 0 radical (unpaired) electrons. The summed E-state index contributed by atoms with van der Waals surface area (Å²) in [6.07, 6.45) is 7.75. The SMILES string of the molecule is COC(=O)CC1CCN(Cc2c(OC3CCC(C(C)(C)C)CC3)cc(C)c3ccccc23)CC1. The summed E-state index contributed by atoms with van der Waals surface area (Å²) in [4.78, 5) is 14.2. The van der Waals surface area contributed by atoms with Crippen LogP contribution in [0.15, 0.2) is 30.3 Å². The Balaban J connectivity index is 1.50. The third-order valence-corrected chi connectivity index (χ3v) is 8.29. The molecule has 0 bridgehead atoms. The minimum atomic E-state index is -0.0835. The van der Waals surface area contributed by atoms with Crippen LogP contribution < -0.4 is 4.74 Å². The zero-order valence-electron chi connectivity index (χ0n) is 21.9. The minimum absolute atomic E-state index is 0.0835. The zero-order chi connectivity index (χ0) is 24.3. The van der Waals surface area contributed by atoms with Crippen molar-refractivity contribution in [3.05, 3.63) is 41.5 Å². The molecule has 2 fully saturated rings. The van der Waals surface area contributed by atoms with Crippen LogP contribution in [0.1, 0.15) is 76.8 Å². The lowest BCUT2D eigenvalue weighted by molar-refractivity contribution is -0.142. The largest absolute Gasteiger partial charge is 0.490 e. The van der Waals surface area contributed by atoms with Crippen LogP contribution in [0.5, 0.6) is 5.75 Å². The van der Waals surface area contributed by atoms with E-state index in [9.17, 15) is 4.79 Å². The number of carbonyl (C=O) groups is 1. The normalized spacial score (nSPS) is 22.6. The summed E-state index contributed by atoms with van der Waals surface area (Å²) < 4.78 is 11.7. The summed E-state index contributed by atoms with van der Waals surface area (Å²) in [5.41, 5.74) is 3.00. The molecule has 0 aromatic heterocycles. The van der Waals surface area contributed by atoms with Gasteiger partial charge in [0, 0.05) is 18.5 Å². The van der Waals surface area contributed by atoms with E-state index in [0.29, 0.717) is 23.9 Å². The third kappa shape index (κ3) is 5.94. The predicted molar refractivity (Wildman–Crippen MR) is 139 cm³/mol. The maximum absolute atomic E-state index is 11.7. The number of carbonyl (C=O) groups excluding carboxylic acids is 1. The number of nitrogens with zero attached hydrogens (tertiary/aromatic N) is 1. The Bertz CT molecular complexity index is 976. The molecule has 186 valence electrons. The number of likely N-dealkylation sites (tertiary alicyclic amines) is 1. The predicted octanol–water partition coefficient (Wildman–Crippen LogP) is 6.91. The Hall–Kier alpha value is -2.07. The van der Waals surface area contributed by atoms with Gasteiger partial charge in [-0.15, -0.1) is 0 Å². The topological polar surface area (TPSA) is 38.8 Å². The average Bonchev–Trinajstić information content (AvgIpc) is 2.82. The summed E-state index contributed by atoms with van der Waals surface area (Å²) >= 11 is 0. The Morgan fingerprint density at radius 2 is 1.65 bits per heavy atom. The van der Waals surface area contributed by atoms with Crippen LogP contribution in [-0.4, -0.2) is 37.2 Å². The van der Waals surface area contributed by atoms with E-state index in [2.05, 4.69) is 62.9 Å². The first-order chi connectivity index (χ1) is 16.2. The van der Waals surface area contributed by atoms with Crippen molar-refractivity contribution < 1.29 is 14.3 Å². The number of fused-ring (bicyclic) bond motifs is 1. The molecule has 4 rings (SSSR count). The van der Waals surface area contributed by atoms with Gasteiger partial charge in [0.1, 0.15) is 5.75 Å². The molecule has 4 nitrogen and oxygen atoms in total. The Labute approximate surface area is 206 Å². The second-order valence-corrected chi connectivity index (χ2v) is 11.7. The van der Waals surface area contributed by atoms with Crippen LogP contribution in [0, 0.1) is 24.2 Å². The summed E-state index contributed by atoms with van der Waals surface area (Å²) in [5, 5.41) is 2.64. The fraction of sp³-hybridized carbons (Fsp3) is 0.633. The fourth-order valence-corrected chi connectivity index (χ4v) is 5.97. The van der Waals surface area contributed by atoms with Crippen LogP contribution in [0.4, 0.5) is 0 Å². The van der Waals surface area contributed by atoms with Crippen molar-refractivity contribution >= 4 is 16.7 Å². The average molecular weight is 466 g/mol. The molecule has 1 aliphatic heterocycles. The highest BCUT2D eigenvalue weighted by atomic mass is 16.5. The summed E-state index contributed by atoms with van der Waals surface area (Å²) in [6, 6.07) is 11.0. The summed E-state index contributed by atoms with van der Waals surface area (Å²) in [5.74, 6) is 2.22. The van der Waals surface area contributed by atoms with Gasteiger partial charge in [0.15, 0.2) is 0 Å². The molecule has 0 spiro atoms. The van der Waals surface area contributed by atoms with Gasteiger partial charge in [-0.3, -0.25) is 9.69 Å². The highest BCUT2D eigenvalue weighted by Crippen LogP contribution is 2.40. The number of hydrogen-bond donors (Lipinski definition) is 0. The van der Waals surface area contributed by atoms with E-state index in [1.54, 1.807) is 0 Å². The van der Waals surface area contributed by atoms with Crippen molar-refractivity contribution in [1.82, 2.24) is 4.90 Å². The first kappa shape index (κ1) is 25.0. The summed E-state index contributed by atoms with van der Waals surface area (Å²) in [6.45, 7) is 12.3. The molecule has 34 heavy (non-hydrogen) atoms. The van der Waals surface area contributed by atoms with Gasteiger partial charge in [0.05, 0.1) is 13.2 Å². The van der Waals surface area contributed by atoms with Gasteiger partial charge in [-0.25, -0.2) is 0 Å². The first-order valence-electron chi connectivity index (χ1n) is 13.2. The zero-order valence-corrected chi connectivity index (χ0v) is 21.9. The Morgan fingerprint density at radius 1 is 1.00 bits per heavy atom. The standard InChI is InChI=1S/C30H43NO3/c1-21-18-28(34-24-12-10-23(11-13-24)30(2,3)4)27(26-9-7-6-8-25(21)26)20-31-16-14-22(15-17-31)19-29(32)33-5/h6-9,18,22-24H,10-17,19-20H2,1-5H3. The molecule has 0 amide bonds. The highest BCUT2D eigenvalue weighted by molar-refractivity contribution is 5.90. The lowest BCUT2D eigenvalue weighted by Crippen LogP contribution is -2.34. The fourth-order valence-electron chi connectivity index (χ4n) is 5.97. The molecule has 0 N–H and O–H groups in total. The molecule has 0 atom stereocenters. The minimum Gasteiger partial charge on any atom is -0.490 e. The van der Waals surface area contributed by atoms with Gasteiger partial charge >= 0.3 is 5.97 Å². The number of aryl methyl sites for hydroxylation is 1. The van der Waals surface area contributed by atoms with Crippen LogP contribution >= 0.6 is 0 Å². The van der Waals surface area contributed by atoms with Gasteiger partial charge in [0.25, 0.3) is 0 Å². The van der Waals surface area contributed by atoms with E-state index in [1.807, 2.05) is 0 Å². The molecule has 4 heteroatoms. The van der Waals surface area contributed by atoms with Gasteiger partial charge in [0.2, 0.25) is 0 Å². The molecule has 2 aromatic rings. The molecular weight excluding hydrogens is 422 g/mol. The van der Waals surface area contributed by atoms with E-state index in [1.165, 1.54) is 41.9 Å². The molecular formula is C30H43NO3. The Kier molecular flexibility index (Phi) is 7.87. The number of benzene rings is 2. The maximum atomic E-state index is 11.7. The van der Waals surface area contributed by atoms with Crippen LogP contribution in [0.25, 0.3) is 10.8 Å². The molecule has 2 aromatic carbocycles. The van der Waals surface area contributed by atoms with Gasteiger partial charge in [-0.2, -0.15) is 0 Å². The quantitative estimate of drug-likeness (QED) is 0.435. The van der Waals surface area contributed by atoms with Crippen molar-refractivity contribution in [2.45, 2.75) is 85.3 Å². The number of piperidine rings is 1. The molecule has 2 aliphatic rings. The maximum Gasteiger partial charge on any atom is 0.305 e. The van der Waals surface area contributed by atoms with Crippen molar-refractivity contribution in [1.29, 1.82) is 0 Å². The molecule has 1 aliphatic carbocycles. The van der Waals surface area contributed by atoms with Gasteiger partial charge < -0.3 is 9.47 Å².